The monoisotopic (exact) mass is 486 g/mol. The van der Waals surface area contributed by atoms with Crippen molar-refractivity contribution in [1.29, 1.82) is 0 Å². The molecule has 5 aromatic carbocycles. The van der Waals surface area contributed by atoms with Gasteiger partial charge in [-0.05, 0) is 75.8 Å². The number of carbonyl (C=O) groups is 1. The molecule has 0 aromatic heterocycles. The highest BCUT2D eigenvalue weighted by atomic mass is 16.5. The molecule has 5 rings (SSSR count). The Labute approximate surface area is 219 Å². The van der Waals surface area contributed by atoms with E-state index in [2.05, 4.69) is 86.6 Å². The molecule has 0 atom stereocenters. The first-order valence-electron chi connectivity index (χ1n) is 13.4. The minimum absolute atomic E-state index is 0.221. The molecule has 0 saturated heterocycles. The molecule has 0 unspecified atom stereocenters. The van der Waals surface area contributed by atoms with E-state index in [4.69, 9.17) is 4.74 Å². The van der Waals surface area contributed by atoms with Crippen molar-refractivity contribution in [2.24, 2.45) is 0 Å². The van der Waals surface area contributed by atoms with Crippen molar-refractivity contribution in [3.8, 4) is 16.9 Å². The molecule has 0 aliphatic heterocycles. The Kier molecular flexibility index (Phi) is 7.65. The minimum Gasteiger partial charge on any atom is -0.489 e. The maximum Gasteiger partial charge on any atom is 0.164 e. The van der Waals surface area contributed by atoms with Crippen LogP contribution in [0.4, 0.5) is 0 Å². The molecule has 0 bridgehead atoms. The van der Waals surface area contributed by atoms with Crippen molar-refractivity contribution in [2.75, 3.05) is 0 Å². The number of ether oxygens (including phenoxy) is 1. The molecule has 0 fully saturated rings. The van der Waals surface area contributed by atoms with Gasteiger partial charge in [-0.15, -0.1) is 0 Å². The summed E-state index contributed by atoms with van der Waals surface area (Å²) in [5.41, 5.74) is 5.30. The number of ketones is 1. The van der Waals surface area contributed by atoms with E-state index in [1.807, 2.05) is 24.3 Å². The molecule has 2 nitrogen and oxygen atoms in total. The Morgan fingerprint density at radius 2 is 1.51 bits per heavy atom. The van der Waals surface area contributed by atoms with Gasteiger partial charge in [0, 0.05) is 12.0 Å². The van der Waals surface area contributed by atoms with E-state index < -0.39 is 0 Å². The van der Waals surface area contributed by atoms with Crippen LogP contribution in [-0.2, 0) is 6.61 Å². The summed E-state index contributed by atoms with van der Waals surface area (Å²) in [4.78, 5) is 13.7. The van der Waals surface area contributed by atoms with Crippen molar-refractivity contribution in [2.45, 2.75) is 52.6 Å². The summed E-state index contributed by atoms with van der Waals surface area (Å²) in [6.45, 7) is 4.83. The summed E-state index contributed by atoms with van der Waals surface area (Å²) in [6, 6.07) is 33.5. The molecular formula is C35H34O2. The lowest BCUT2D eigenvalue weighted by atomic mass is 9.89. The normalized spacial score (nSPS) is 11.2. The fraction of sp³-hybridized carbons (Fsp3) is 0.229. The molecular weight excluding hydrogens is 452 g/mol. The predicted octanol–water partition coefficient (Wildman–Crippen LogP) is 9.70. The van der Waals surface area contributed by atoms with E-state index in [1.54, 1.807) is 0 Å². The summed E-state index contributed by atoms with van der Waals surface area (Å²) in [6.07, 6.45) is 4.93. The van der Waals surface area contributed by atoms with E-state index in [0.717, 1.165) is 58.0 Å². The molecule has 0 aliphatic carbocycles. The first-order chi connectivity index (χ1) is 18.1. The first kappa shape index (κ1) is 24.8. The lowest BCUT2D eigenvalue weighted by Gasteiger charge is -2.15. The molecule has 37 heavy (non-hydrogen) atoms. The van der Waals surface area contributed by atoms with Crippen LogP contribution >= 0.6 is 0 Å². The summed E-state index contributed by atoms with van der Waals surface area (Å²) in [5, 5.41) is 4.43. The largest absolute Gasteiger partial charge is 0.489 e. The zero-order chi connectivity index (χ0) is 25.6. The van der Waals surface area contributed by atoms with Gasteiger partial charge in [-0.2, -0.15) is 0 Å². The third kappa shape index (κ3) is 5.75. The van der Waals surface area contributed by atoms with Gasteiger partial charge < -0.3 is 4.74 Å². The maximum absolute atomic E-state index is 13.7. The Hall–Kier alpha value is -3.91. The number of hydrogen-bond donors (Lipinski definition) is 0. The average Bonchev–Trinajstić information content (AvgIpc) is 2.93. The third-order valence-electron chi connectivity index (χ3n) is 7.08. The van der Waals surface area contributed by atoms with Crippen molar-refractivity contribution in [1.82, 2.24) is 0 Å². The number of hydrogen-bond acceptors (Lipinski definition) is 2. The number of benzene rings is 5. The molecule has 186 valence electrons. The molecule has 0 heterocycles. The van der Waals surface area contributed by atoms with Crippen LogP contribution in [0, 0.1) is 6.92 Å². The van der Waals surface area contributed by atoms with Gasteiger partial charge in [0.05, 0.1) is 0 Å². The lowest BCUT2D eigenvalue weighted by Crippen LogP contribution is -2.04. The predicted molar refractivity (Wildman–Crippen MR) is 155 cm³/mol. The average molecular weight is 487 g/mol. The number of carbonyl (C=O) groups excluding carboxylic acids is 1. The molecule has 2 heteroatoms. The Morgan fingerprint density at radius 3 is 2.35 bits per heavy atom. The second kappa shape index (κ2) is 11.4. The van der Waals surface area contributed by atoms with Crippen LogP contribution in [0.25, 0.3) is 32.7 Å². The van der Waals surface area contributed by atoms with Gasteiger partial charge in [-0.25, -0.2) is 0 Å². The zero-order valence-corrected chi connectivity index (χ0v) is 21.8. The summed E-state index contributed by atoms with van der Waals surface area (Å²) in [5.74, 6) is 1.03. The number of unbranched alkanes of at least 4 members (excludes halogenated alkanes) is 3. The Balaban J connectivity index is 1.53. The quantitative estimate of drug-likeness (QED) is 0.145. The van der Waals surface area contributed by atoms with E-state index >= 15 is 0 Å². The molecule has 0 saturated carbocycles. The fourth-order valence-electron chi connectivity index (χ4n) is 5.05. The van der Waals surface area contributed by atoms with Gasteiger partial charge in [0.15, 0.2) is 5.78 Å². The molecule has 5 aromatic rings. The van der Waals surface area contributed by atoms with Gasteiger partial charge in [0.1, 0.15) is 12.4 Å². The van der Waals surface area contributed by atoms with Crippen LogP contribution < -0.4 is 4.74 Å². The summed E-state index contributed by atoms with van der Waals surface area (Å²) in [7, 11) is 0. The fourth-order valence-corrected chi connectivity index (χ4v) is 5.05. The minimum atomic E-state index is 0.221. The highest BCUT2D eigenvalue weighted by Crippen LogP contribution is 2.35. The molecule has 0 N–H and O–H groups in total. The highest BCUT2D eigenvalue weighted by Gasteiger charge is 2.17. The molecule has 0 amide bonds. The van der Waals surface area contributed by atoms with E-state index in [0.29, 0.717) is 13.0 Å². The van der Waals surface area contributed by atoms with Crippen molar-refractivity contribution >= 4 is 27.3 Å². The topological polar surface area (TPSA) is 26.3 Å². The smallest absolute Gasteiger partial charge is 0.164 e. The van der Waals surface area contributed by atoms with Crippen molar-refractivity contribution in [3.05, 3.63) is 114 Å². The Morgan fingerprint density at radius 1 is 0.730 bits per heavy atom. The zero-order valence-electron chi connectivity index (χ0n) is 21.8. The van der Waals surface area contributed by atoms with E-state index in [1.165, 1.54) is 22.8 Å². The van der Waals surface area contributed by atoms with Crippen LogP contribution in [0.3, 0.4) is 0 Å². The highest BCUT2D eigenvalue weighted by molar-refractivity contribution is 6.14. The van der Waals surface area contributed by atoms with Gasteiger partial charge in [-0.3, -0.25) is 4.79 Å². The summed E-state index contributed by atoms with van der Waals surface area (Å²) < 4.78 is 6.08. The molecule has 0 spiro atoms. The van der Waals surface area contributed by atoms with Gasteiger partial charge in [-0.1, -0.05) is 105 Å². The maximum atomic E-state index is 13.7. The number of fused-ring (bicyclic) bond motifs is 2. The first-order valence-corrected chi connectivity index (χ1v) is 13.4. The number of Topliss-reactive ketones (excluding diaryl/α,β-unsaturated/α-hetero) is 1. The van der Waals surface area contributed by atoms with Crippen LogP contribution in [0.1, 0.15) is 60.5 Å². The van der Waals surface area contributed by atoms with Crippen molar-refractivity contribution < 1.29 is 9.53 Å². The van der Waals surface area contributed by atoms with E-state index in [9.17, 15) is 4.79 Å². The Bertz CT molecular complexity index is 1530. The van der Waals surface area contributed by atoms with Crippen molar-refractivity contribution in [3.63, 3.8) is 0 Å². The summed E-state index contributed by atoms with van der Waals surface area (Å²) >= 11 is 0. The molecule has 0 radical (unpaired) electrons. The number of rotatable bonds is 10. The van der Waals surface area contributed by atoms with Crippen LogP contribution in [0.15, 0.2) is 97.1 Å². The molecule has 0 aliphatic rings. The second-order valence-corrected chi connectivity index (χ2v) is 9.94. The van der Waals surface area contributed by atoms with Crippen LogP contribution in [0.5, 0.6) is 5.75 Å². The lowest BCUT2D eigenvalue weighted by molar-refractivity contribution is 0.0981. The number of aryl methyl sites for hydroxylation is 1. The van der Waals surface area contributed by atoms with Crippen LogP contribution in [-0.4, -0.2) is 5.78 Å². The SMILES string of the molecule is CCCCCCC(=O)c1c(-c2ccc3cc(C)ccc3c2)ccc2cc(OCc3ccccc3)ccc12. The third-order valence-corrected chi connectivity index (χ3v) is 7.08. The standard InChI is InChI=1S/C35H34O2/c1-3-4-5-9-12-34(36)35-32(29-16-15-27-21-25(2)13-14-28(27)22-29)19-17-30-23-31(18-20-33(30)35)37-24-26-10-7-6-8-11-26/h6-8,10-11,13-23H,3-5,9,12,24H2,1-2H3. The second-order valence-electron chi connectivity index (χ2n) is 9.94. The van der Waals surface area contributed by atoms with Gasteiger partial charge in [0.25, 0.3) is 0 Å². The van der Waals surface area contributed by atoms with Gasteiger partial charge in [0.2, 0.25) is 0 Å². The van der Waals surface area contributed by atoms with Crippen LogP contribution in [0.2, 0.25) is 0 Å². The van der Waals surface area contributed by atoms with Gasteiger partial charge >= 0.3 is 0 Å². The van der Waals surface area contributed by atoms with E-state index in [-0.39, 0.29) is 5.78 Å².